The first-order valence-corrected chi connectivity index (χ1v) is 6.06. The topological polar surface area (TPSA) is 52.0 Å². The summed E-state index contributed by atoms with van der Waals surface area (Å²) >= 11 is 0. The number of benzene rings is 1. The molecule has 1 aliphatic rings. The van der Waals surface area contributed by atoms with Crippen molar-refractivity contribution in [1.29, 1.82) is 0 Å². The SMILES string of the molecule is Cn1cnnc1CNC1COCc2ccccc21. The van der Waals surface area contributed by atoms with Crippen molar-refractivity contribution in [3.05, 3.63) is 47.5 Å². The van der Waals surface area contributed by atoms with Crippen LogP contribution in [0.1, 0.15) is 23.0 Å². The van der Waals surface area contributed by atoms with Gasteiger partial charge in [-0.25, -0.2) is 0 Å². The molecule has 0 amide bonds. The lowest BCUT2D eigenvalue weighted by atomic mass is 9.99. The number of hydrogen-bond donors (Lipinski definition) is 1. The number of aryl methyl sites for hydroxylation is 1. The number of rotatable bonds is 3. The average molecular weight is 244 g/mol. The van der Waals surface area contributed by atoms with Crippen LogP contribution >= 0.6 is 0 Å². The van der Waals surface area contributed by atoms with Gasteiger partial charge < -0.3 is 14.6 Å². The Labute approximate surface area is 106 Å². The molecular weight excluding hydrogens is 228 g/mol. The fraction of sp³-hybridized carbons (Fsp3) is 0.385. The standard InChI is InChI=1S/C13H16N4O/c1-17-9-15-16-13(17)6-14-12-8-18-7-10-4-2-3-5-11(10)12/h2-5,9,12,14H,6-8H2,1H3. The van der Waals surface area contributed by atoms with Gasteiger partial charge in [-0.15, -0.1) is 10.2 Å². The predicted molar refractivity (Wildman–Crippen MR) is 66.7 cm³/mol. The van der Waals surface area contributed by atoms with Gasteiger partial charge in [-0.1, -0.05) is 24.3 Å². The van der Waals surface area contributed by atoms with E-state index >= 15 is 0 Å². The summed E-state index contributed by atoms with van der Waals surface area (Å²) in [5, 5.41) is 11.4. The van der Waals surface area contributed by atoms with Crippen LogP contribution in [0.25, 0.3) is 0 Å². The molecule has 18 heavy (non-hydrogen) atoms. The number of hydrogen-bond acceptors (Lipinski definition) is 4. The zero-order valence-electron chi connectivity index (χ0n) is 10.3. The second kappa shape index (κ2) is 4.88. The van der Waals surface area contributed by atoms with E-state index < -0.39 is 0 Å². The van der Waals surface area contributed by atoms with Gasteiger partial charge in [0.05, 0.1) is 25.8 Å². The minimum absolute atomic E-state index is 0.228. The minimum atomic E-state index is 0.228. The molecule has 0 radical (unpaired) electrons. The normalized spacial score (nSPS) is 18.6. The third-order valence-corrected chi connectivity index (χ3v) is 3.28. The van der Waals surface area contributed by atoms with Crippen LogP contribution in [-0.4, -0.2) is 21.4 Å². The van der Waals surface area contributed by atoms with Gasteiger partial charge in [0.25, 0.3) is 0 Å². The largest absolute Gasteiger partial charge is 0.375 e. The van der Waals surface area contributed by atoms with Gasteiger partial charge in [-0.05, 0) is 11.1 Å². The summed E-state index contributed by atoms with van der Waals surface area (Å²) in [7, 11) is 1.95. The van der Waals surface area contributed by atoms with E-state index in [2.05, 4.69) is 33.7 Å². The fourth-order valence-corrected chi connectivity index (χ4v) is 2.23. The maximum atomic E-state index is 5.60. The van der Waals surface area contributed by atoms with Crippen LogP contribution < -0.4 is 5.32 Å². The molecule has 0 saturated carbocycles. The Morgan fingerprint density at radius 2 is 2.33 bits per heavy atom. The molecule has 0 bridgehead atoms. The molecule has 5 nitrogen and oxygen atoms in total. The molecule has 1 aromatic carbocycles. The van der Waals surface area contributed by atoms with Crippen LogP contribution in [0.4, 0.5) is 0 Å². The average Bonchev–Trinajstić information content (AvgIpc) is 2.82. The highest BCUT2D eigenvalue weighted by molar-refractivity contribution is 5.31. The van der Waals surface area contributed by atoms with Crippen LogP contribution in [-0.2, 0) is 24.9 Å². The minimum Gasteiger partial charge on any atom is -0.375 e. The van der Waals surface area contributed by atoms with Crippen molar-refractivity contribution in [2.75, 3.05) is 6.61 Å². The third-order valence-electron chi connectivity index (χ3n) is 3.28. The van der Waals surface area contributed by atoms with Crippen molar-refractivity contribution in [2.45, 2.75) is 19.2 Å². The van der Waals surface area contributed by atoms with E-state index in [0.717, 1.165) is 5.82 Å². The summed E-state index contributed by atoms with van der Waals surface area (Å²) in [5.41, 5.74) is 2.59. The molecule has 0 spiro atoms. The van der Waals surface area contributed by atoms with Crippen molar-refractivity contribution < 1.29 is 4.74 Å². The van der Waals surface area contributed by atoms with Crippen molar-refractivity contribution in [3.63, 3.8) is 0 Å². The summed E-state index contributed by atoms with van der Waals surface area (Å²) in [6.45, 7) is 2.10. The Bertz CT molecular complexity index is 537. The number of aromatic nitrogens is 3. The second-order valence-corrected chi connectivity index (χ2v) is 4.51. The van der Waals surface area contributed by atoms with E-state index in [1.54, 1.807) is 6.33 Å². The molecule has 5 heteroatoms. The summed E-state index contributed by atoms with van der Waals surface area (Å²) in [5.74, 6) is 0.929. The van der Waals surface area contributed by atoms with Gasteiger partial charge in [0.2, 0.25) is 0 Å². The van der Waals surface area contributed by atoms with E-state index in [4.69, 9.17) is 4.74 Å². The zero-order valence-corrected chi connectivity index (χ0v) is 10.3. The fourth-order valence-electron chi connectivity index (χ4n) is 2.23. The van der Waals surface area contributed by atoms with Crippen molar-refractivity contribution in [1.82, 2.24) is 20.1 Å². The predicted octanol–water partition coefficient (Wildman–Crippen LogP) is 1.18. The zero-order chi connectivity index (χ0) is 12.4. The smallest absolute Gasteiger partial charge is 0.146 e. The quantitative estimate of drug-likeness (QED) is 0.880. The van der Waals surface area contributed by atoms with E-state index in [9.17, 15) is 0 Å². The second-order valence-electron chi connectivity index (χ2n) is 4.51. The van der Waals surface area contributed by atoms with Crippen LogP contribution in [0.3, 0.4) is 0 Å². The molecule has 2 aromatic rings. The van der Waals surface area contributed by atoms with Crippen LogP contribution in [0, 0.1) is 0 Å². The lowest BCUT2D eigenvalue weighted by Crippen LogP contribution is -2.30. The van der Waals surface area contributed by atoms with Crippen LogP contribution in [0.15, 0.2) is 30.6 Å². The molecule has 1 atom stereocenters. The van der Waals surface area contributed by atoms with Gasteiger partial charge >= 0.3 is 0 Å². The van der Waals surface area contributed by atoms with Crippen LogP contribution in [0.2, 0.25) is 0 Å². The Hall–Kier alpha value is -1.72. The van der Waals surface area contributed by atoms with Gasteiger partial charge in [0, 0.05) is 7.05 Å². The van der Waals surface area contributed by atoms with Gasteiger partial charge in [0.1, 0.15) is 12.2 Å². The van der Waals surface area contributed by atoms with E-state index in [1.165, 1.54) is 11.1 Å². The molecule has 1 N–H and O–H groups in total. The maximum Gasteiger partial charge on any atom is 0.146 e. The summed E-state index contributed by atoms with van der Waals surface area (Å²) < 4.78 is 7.52. The Morgan fingerprint density at radius 3 is 3.17 bits per heavy atom. The molecule has 94 valence electrons. The summed E-state index contributed by atoms with van der Waals surface area (Å²) in [4.78, 5) is 0. The van der Waals surface area contributed by atoms with E-state index in [0.29, 0.717) is 19.8 Å². The summed E-state index contributed by atoms with van der Waals surface area (Å²) in [6, 6.07) is 8.62. The first-order valence-electron chi connectivity index (χ1n) is 6.06. The molecular formula is C13H16N4O. The molecule has 3 rings (SSSR count). The molecule has 1 unspecified atom stereocenters. The van der Waals surface area contributed by atoms with Crippen LogP contribution in [0.5, 0.6) is 0 Å². The van der Waals surface area contributed by atoms with E-state index in [1.807, 2.05) is 17.7 Å². The first-order chi connectivity index (χ1) is 8.84. The lowest BCUT2D eigenvalue weighted by molar-refractivity contribution is 0.0814. The highest BCUT2D eigenvalue weighted by Crippen LogP contribution is 2.24. The Morgan fingerprint density at radius 1 is 1.44 bits per heavy atom. The maximum absolute atomic E-state index is 5.60. The third kappa shape index (κ3) is 2.14. The molecule has 1 aromatic heterocycles. The van der Waals surface area contributed by atoms with E-state index in [-0.39, 0.29) is 6.04 Å². The van der Waals surface area contributed by atoms with Crippen molar-refractivity contribution >= 4 is 0 Å². The Kier molecular flexibility index (Phi) is 3.08. The lowest BCUT2D eigenvalue weighted by Gasteiger charge is -2.26. The highest BCUT2D eigenvalue weighted by Gasteiger charge is 2.20. The first kappa shape index (κ1) is 11.4. The molecule has 0 aliphatic carbocycles. The highest BCUT2D eigenvalue weighted by atomic mass is 16.5. The molecule has 1 aliphatic heterocycles. The molecule has 0 saturated heterocycles. The number of nitrogens with one attached hydrogen (secondary N) is 1. The monoisotopic (exact) mass is 244 g/mol. The van der Waals surface area contributed by atoms with Gasteiger partial charge in [0.15, 0.2) is 0 Å². The number of fused-ring (bicyclic) bond motifs is 1. The molecule has 2 heterocycles. The van der Waals surface area contributed by atoms with Crippen molar-refractivity contribution in [2.24, 2.45) is 7.05 Å². The Balaban J connectivity index is 1.73. The summed E-state index contributed by atoms with van der Waals surface area (Å²) in [6.07, 6.45) is 1.71. The number of ether oxygens (including phenoxy) is 1. The number of nitrogens with zero attached hydrogens (tertiary/aromatic N) is 3. The van der Waals surface area contributed by atoms with Gasteiger partial charge in [-0.3, -0.25) is 0 Å². The van der Waals surface area contributed by atoms with Gasteiger partial charge in [-0.2, -0.15) is 0 Å². The molecule has 0 fully saturated rings. The van der Waals surface area contributed by atoms with Crippen molar-refractivity contribution in [3.8, 4) is 0 Å².